The van der Waals surface area contributed by atoms with Crippen molar-refractivity contribution >= 4 is 7.85 Å². The number of halogens is 3. The van der Waals surface area contributed by atoms with E-state index >= 15 is 0 Å². The summed E-state index contributed by atoms with van der Waals surface area (Å²) in [5.41, 5.74) is 0.817. The molecular formula is C13H16BF3N2O2. The van der Waals surface area contributed by atoms with E-state index in [4.69, 9.17) is 17.3 Å². The normalized spacial score (nSPS) is 27.8. The Morgan fingerprint density at radius 1 is 1.29 bits per heavy atom. The summed E-state index contributed by atoms with van der Waals surface area (Å²) in [7, 11) is 5.78. The van der Waals surface area contributed by atoms with Gasteiger partial charge in [-0.25, -0.2) is 0 Å². The number of hydrogen-bond acceptors (Lipinski definition) is 4. The van der Waals surface area contributed by atoms with Crippen LogP contribution in [0.3, 0.4) is 0 Å². The van der Waals surface area contributed by atoms with E-state index in [1.807, 2.05) is 0 Å². The number of allylic oxidation sites excluding steroid dienone is 3. The van der Waals surface area contributed by atoms with Crippen molar-refractivity contribution in [3.05, 3.63) is 35.6 Å². The zero-order valence-corrected chi connectivity index (χ0v) is 11.4. The molecule has 0 amide bonds. The molecule has 0 aromatic rings. The molecule has 2 aliphatic rings. The molecule has 0 aromatic carbocycles. The van der Waals surface area contributed by atoms with Crippen LogP contribution in [0.25, 0.3) is 0 Å². The Labute approximate surface area is 122 Å². The summed E-state index contributed by atoms with van der Waals surface area (Å²) in [6.07, 6.45) is 1.56. The number of nitrogens with one attached hydrogen (secondary N) is 1. The molecule has 21 heavy (non-hydrogen) atoms. The maximum absolute atomic E-state index is 12.8. The molecule has 114 valence electrons. The highest BCUT2D eigenvalue weighted by atomic mass is 19.4. The van der Waals surface area contributed by atoms with Gasteiger partial charge in [-0.05, 0) is 24.8 Å². The van der Waals surface area contributed by atoms with Crippen LogP contribution in [0.2, 0.25) is 0 Å². The van der Waals surface area contributed by atoms with Crippen LogP contribution in [-0.4, -0.2) is 45.7 Å². The largest absolute Gasteiger partial charge is 0.395 e. The van der Waals surface area contributed by atoms with E-state index in [9.17, 15) is 13.2 Å². The molecule has 0 aromatic heterocycles. The summed E-state index contributed by atoms with van der Waals surface area (Å²) < 4.78 is 49.0. The number of ether oxygens (including phenoxy) is 2. The Kier molecular flexibility index (Phi) is 5.49. The summed E-state index contributed by atoms with van der Waals surface area (Å²) in [4.78, 5) is 1.54. The highest BCUT2D eigenvalue weighted by Crippen LogP contribution is 2.34. The maximum atomic E-state index is 12.8. The Morgan fingerprint density at radius 3 is 2.81 bits per heavy atom. The predicted molar refractivity (Wildman–Crippen MR) is 71.8 cm³/mol. The van der Waals surface area contributed by atoms with Crippen molar-refractivity contribution in [1.29, 1.82) is 0 Å². The van der Waals surface area contributed by atoms with Gasteiger partial charge in [-0.3, -0.25) is 5.32 Å². The molecule has 0 spiro atoms. The first-order chi connectivity index (χ1) is 9.97. The van der Waals surface area contributed by atoms with Crippen molar-refractivity contribution in [1.82, 2.24) is 10.2 Å². The van der Waals surface area contributed by atoms with E-state index in [1.165, 1.54) is 12.2 Å². The third kappa shape index (κ3) is 4.91. The van der Waals surface area contributed by atoms with Crippen molar-refractivity contribution in [3.8, 4) is 0 Å². The molecule has 1 N–H and O–H groups in total. The minimum Gasteiger partial charge on any atom is -0.363 e. The van der Waals surface area contributed by atoms with Gasteiger partial charge in [0.2, 0.25) is 0 Å². The molecule has 0 fully saturated rings. The van der Waals surface area contributed by atoms with Gasteiger partial charge in [0.05, 0.1) is 19.3 Å². The Bertz CT molecular complexity index is 449. The van der Waals surface area contributed by atoms with E-state index in [0.717, 1.165) is 0 Å². The maximum Gasteiger partial charge on any atom is 0.395 e. The number of alkyl halides is 3. The molecule has 2 radical (unpaired) electrons. The Morgan fingerprint density at radius 2 is 2.05 bits per heavy atom. The average Bonchev–Trinajstić information content (AvgIpc) is 2.44. The summed E-state index contributed by atoms with van der Waals surface area (Å²) in [5.74, 6) is -1.49. The van der Waals surface area contributed by atoms with Gasteiger partial charge in [0.1, 0.15) is 21.3 Å². The van der Waals surface area contributed by atoms with Crippen LogP contribution < -0.4 is 5.32 Å². The van der Waals surface area contributed by atoms with Crippen LogP contribution >= 0.6 is 0 Å². The zero-order valence-electron chi connectivity index (χ0n) is 11.4. The molecule has 1 heterocycles. The Hall–Kier alpha value is -1.25. The summed E-state index contributed by atoms with van der Waals surface area (Å²) in [5, 5.41) is 2.86. The lowest BCUT2D eigenvalue weighted by atomic mass is 9.96. The van der Waals surface area contributed by atoms with Crippen LogP contribution in [0.5, 0.6) is 0 Å². The summed E-state index contributed by atoms with van der Waals surface area (Å²) >= 11 is 0. The molecule has 2 rings (SSSR count). The second kappa shape index (κ2) is 7.15. The lowest BCUT2D eigenvalue weighted by Crippen LogP contribution is -2.30. The fourth-order valence-electron chi connectivity index (χ4n) is 2.01. The first-order valence-electron chi connectivity index (χ1n) is 6.51. The quantitative estimate of drug-likeness (QED) is 0.749. The van der Waals surface area contributed by atoms with Gasteiger partial charge >= 0.3 is 6.18 Å². The lowest BCUT2D eigenvalue weighted by Gasteiger charge is -2.28. The molecule has 1 aliphatic heterocycles. The molecule has 0 bridgehead atoms. The Balaban J connectivity index is 2.17. The van der Waals surface area contributed by atoms with Crippen molar-refractivity contribution in [2.75, 3.05) is 26.8 Å². The van der Waals surface area contributed by atoms with Crippen LogP contribution in [0.4, 0.5) is 13.2 Å². The SMILES string of the molecule is [B]/C1=C/N(C2=CC(C(F)(F)F)CC=C2)COCNCOC1. The lowest BCUT2D eigenvalue weighted by molar-refractivity contribution is -0.160. The first-order valence-corrected chi connectivity index (χ1v) is 6.51. The van der Waals surface area contributed by atoms with Gasteiger partial charge in [0.15, 0.2) is 0 Å². The first kappa shape index (κ1) is 16.1. The molecular weight excluding hydrogens is 284 g/mol. The van der Waals surface area contributed by atoms with Crippen LogP contribution in [0, 0.1) is 5.92 Å². The van der Waals surface area contributed by atoms with E-state index < -0.39 is 12.1 Å². The van der Waals surface area contributed by atoms with Crippen molar-refractivity contribution in [3.63, 3.8) is 0 Å². The van der Waals surface area contributed by atoms with Gasteiger partial charge in [0, 0.05) is 5.70 Å². The predicted octanol–water partition coefficient (Wildman–Crippen LogP) is 1.83. The van der Waals surface area contributed by atoms with Gasteiger partial charge in [-0.2, -0.15) is 13.2 Å². The second-order valence-corrected chi connectivity index (χ2v) is 4.77. The molecule has 1 unspecified atom stereocenters. The highest BCUT2D eigenvalue weighted by Gasteiger charge is 2.38. The molecule has 8 heteroatoms. The van der Waals surface area contributed by atoms with Gasteiger partial charge < -0.3 is 14.4 Å². The van der Waals surface area contributed by atoms with E-state index in [2.05, 4.69) is 5.32 Å². The summed E-state index contributed by atoms with van der Waals surface area (Å²) in [6.45, 7) is 0.842. The van der Waals surface area contributed by atoms with Crippen LogP contribution in [0.1, 0.15) is 6.42 Å². The summed E-state index contributed by atoms with van der Waals surface area (Å²) in [6, 6.07) is 0. The van der Waals surface area contributed by atoms with Gasteiger partial charge in [-0.1, -0.05) is 11.5 Å². The van der Waals surface area contributed by atoms with Crippen LogP contribution in [-0.2, 0) is 9.47 Å². The minimum atomic E-state index is -4.26. The van der Waals surface area contributed by atoms with E-state index in [1.54, 1.807) is 17.2 Å². The van der Waals surface area contributed by atoms with Crippen molar-refractivity contribution < 1.29 is 22.6 Å². The minimum absolute atomic E-state index is 0.0500. The number of nitrogens with zero attached hydrogens (tertiary/aromatic N) is 1. The van der Waals surface area contributed by atoms with Crippen molar-refractivity contribution in [2.45, 2.75) is 12.6 Å². The average molecular weight is 300 g/mol. The fourth-order valence-corrected chi connectivity index (χ4v) is 2.01. The fraction of sp³-hybridized carbons (Fsp3) is 0.538. The third-order valence-electron chi connectivity index (χ3n) is 3.03. The van der Waals surface area contributed by atoms with E-state index in [-0.39, 0.29) is 26.5 Å². The van der Waals surface area contributed by atoms with Crippen LogP contribution in [0.15, 0.2) is 35.6 Å². The standard InChI is InChI=1S/C13H16BF3N2O2/c14-11-5-19(9-21-8-18-7-20-6-11)12-3-1-2-10(4-12)13(15,16)17/h1,3-5,10,18H,2,6-9H2/b11-5+. The highest BCUT2D eigenvalue weighted by molar-refractivity contribution is 6.21. The smallest absolute Gasteiger partial charge is 0.363 e. The molecule has 0 saturated heterocycles. The third-order valence-corrected chi connectivity index (χ3v) is 3.03. The van der Waals surface area contributed by atoms with Gasteiger partial charge in [0.25, 0.3) is 0 Å². The number of hydrogen-bond donors (Lipinski definition) is 1. The molecule has 0 saturated carbocycles. The van der Waals surface area contributed by atoms with Crippen molar-refractivity contribution in [2.24, 2.45) is 5.92 Å². The number of rotatable bonds is 1. The zero-order chi connectivity index (χ0) is 15.3. The molecule has 1 aliphatic carbocycles. The van der Waals surface area contributed by atoms with E-state index in [0.29, 0.717) is 17.9 Å². The monoisotopic (exact) mass is 300 g/mol. The topological polar surface area (TPSA) is 33.7 Å². The molecule has 4 nitrogen and oxygen atoms in total. The molecule has 1 atom stereocenters. The second-order valence-electron chi connectivity index (χ2n) is 4.77. The van der Waals surface area contributed by atoms with Gasteiger partial charge in [-0.15, -0.1) is 0 Å².